The molecule has 9 heteroatoms. The molecule has 8 nitrogen and oxygen atoms in total. The highest BCUT2D eigenvalue weighted by molar-refractivity contribution is 6.30. The molecule has 0 aromatic carbocycles. The molecule has 0 radical (unpaired) electrons. The lowest BCUT2D eigenvalue weighted by Crippen LogP contribution is -2.11. The Kier molecular flexibility index (Phi) is 3.81. The van der Waals surface area contributed by atoms with Crippen LogP contribution in [0.4, 0.5) is 23.5 Å². The Hall–Kier alpha value is -2.35. The summed E-state index contributed by atoms with van der Waals surface area (Å²) in [7, 11) is 0. The highest BCUT2D eigenvalue weighted by Gasteiger charge is 2.09. The van der Waals surface area contributed by atoms with Crippen LogP contribution >= 0.6 is 11.6 Å². The lowest BCUT2D eigenvalue weighted by molar-refractivity contribution is 0.978. The van der Waals surface area contributed by atoms with Gasteiger partial charge in [-0.15, -0.1) is 0 Å². The summed E-state index contributed by atoms with van der Waals surface area (Å²) in [6.45, 7) is 0.549. The molecule has 0 fully saturated rings. The van der Waals surface area contributed by atoms with Gasteiger partial charge in [0.05, 0.1) is 0 Å². The number of rotatable bonds is 4. The predicted molar refractivity (Wildman–Crippen MR) is 74.5 cm³/mol. The molecule has 100 valence electrons. The summed E-state index contributed by atoms with van der Waals surface area (Å²) in [5.74, 6) is 1.17. The van der Waals surface area contributed by atoms with Crippen LogP contribution in [-0.2, 0) is 6.42 Å². The van der Waals surface area contributed by atoms with Crippen LogP contribution in [0.1, 0.15) is 5.56 Å². The molecular formula is C10H13ClN8. The van der Waals surface area contributed by atoms with E-state index in [1.165, 1.54) is 0 Å². The van der Waals surface area contributed by atoms with Crippen LogP contribution in [0.15, 0.2) is 12.3 Å². The van der Waals surface area contributed by atoms with Crippen molar-refractivity contribution in [1.82, 2.24) is 19.9 Å². The summed E-state index contributed by atoms with van der Waals surface area (Å²) < 4.78 is 0. The monoisotopic (exact) mass is 280 g/mol. The second kappa shape index (κ2) is 5.53. The Balaban J connectivity index is 2.00. The second-order valence-electron chi connectivity index (χ2n) is 3.71. The zero-order chi connectivity index (χ0) is 13.8. The van der Waals surface area contributed by atoms with Gasteiger partial charge in [-0.3, -0.25) is 0 Å². The minimum atomic E-state index is 0.0581. The number of nitrogens with two attached hydrogens (primary N) is 3. The van der Waals surface area contributed by atoms with Gasteiger partial charge in [-0.25, -0.2) is 9.97 Å². The van der Waals surface area contributed by atoms with Crippen LogP contribution in [-0.4, -0.2) is 26.5 Å². The third kappa shape index (κ3) is 3.32. The molecule has 2 heterocycles. The fourth-order valence-corrected chi connectivity index (χ4v) is 1.79. The fraction of sp³-hybridized carbons (Fsp3) is 0.200. The Morgan fingerprint density at radius 1 is 1.11 bits per heavy atom. The molecule has 2 aromatic heterocycles. The predicted octanol–water partition coefficient (Wildman–Crippen LogP) is 0.321. The molecule has 0 saturated heterocycles. The van der Waals surface area contributed by atoms with Crippen molar-refractivity contribution in [3.05, 3.63) is 23.0 Å². The van der Waals surface area contributed by atoms with Gasteiger partial charge in [-0.2, -0.15) is 9.97 Å². The maximum atomic E-state index is 5.96. The third-order valence-corrected chi connectivity index (χ3v) is 2.67. The van der Waals surface area contributed by atoms with Crippen molar-refractivity contribution in [1.29, 1.82) is 0 Å². The number of anilines is 4. The number of nitrogen functional groups attached to an aromatic ring is 3. The lowest BCUT2D eigenvalue weighted by atomic mass is 10.2. The summed E-state index contributed by atoms with van der Waals surface area (Å²) in [6.07, 6.45) is 2.10. The highest BCUT2D eigenvalue weighted by Crippen LogP contribution is 2.20. The zero-order valence-electron chi connectivity index (χ0n) is 9.97. The maximum Gasteiger partial charge on any atom is 0.223 e. The van der Waals surface area contributed by atoms with Crippen molar-refractivity contribution in [3.8, 4) is 0 Å². The molecule has 2 aromatic rings. The van der Waals surface area contributed by atoms with Crippen LogP contribution in [0.3, 0.4) is 0 Å². The van der Waals surface area contributed by atoms with Crippen molar-refractivity contribution in [2.24, 2.45) is 0 Å². The average Bonchev–Trinajstić information content (AvgIpc) is 2.32. The number of hydrogen-bond acceptors (Lipinski definition) is 8. The number of nitrogens with zero attached hydrogens (tertiary/aromatic N) is 4. The lowest BCUT2D eigenvalue weighted by Gasteiger charge is -2.09. The molecular weight excluding hydrogens is 268 g/mol. The van der Waals surface area contributed by atoms with E-state index in [9.17, 15) is 0 Å². The van der Waals surface area contributed by atoms with Crippen LogP contribution < -0.4 is 22.5 Å². The first-order valence-electron chi connectivity index (χ1n) is 5.46. The maximum absolute atomic E-state index is 5.96. The molecule has 0 spiro atoms. The largest absolute Gasteiger partial charge is 0.383 e. The number of nitrogens with one attached hydrogen (secondary N) is 1. The van der Waals surface area contributed by atoms with E-state index in [0.29, 0.717) is 24.3 Å². The molecule has 0 aliphatic carbocycles. The van der Waals surface area contributed by atoms with Crippen molar-refractivity contribution < 1.29 is 0 Å². The van der Waals surface area contributed by atoms with Gasteiger partial charge < -0.3 is 22.5 Å². The Bertz CT molecular complexity index is 564. The number of hydrogen-bond donors (Lipinski definition) is 4. The van der Waals surface area contributed by atoms with Crippen molar-refractivity contribution in [3.63, 3.8) is 0 Å². The van der Waals surface area contributed by atoms with Crippen LogP contribution in [0, 0.1) is 0 Å². The average molecular weight is 281 g/mol. The smallest absolute Gasteiger partial charge is 0.223 e. The Morgan fingerprint density at radius 3 is 2.58 bits per heavy atom. The van der Waals surface area contributed by atoms with E-state index in [1.54, 1.807) is 12.3 Å². The molecule has 0 saturated carbocycles. The molecule has 0 atom stereocenters. The Morgan fingerprint density at radius 2 is 1.89 bits per heavy atom. The molecule has 0 bridgehead atoms. The minimum absolute atomic E-state index is 0.0581. The summed E-state index contributed by atoms with van der Waals surface area (Å²) in [4.78, 5) is 15.5. The van der Waals surface area contributed by atoms with Crippen LogP contribution in [0.2, 0.25) is 5.15 Å². The summed E-state index contributed by atoms with van der Waals surface area (Å²) in [6, 6.07) is 1.71. The van der Waals surface area contributed by atoms with E-state index in [-0.39, 0.29) is 22.9 Å². The van der Waals surface area contributed by atoms with E-state index in [2.05, 4.69) is 25.3 Å². The van der Waals surface area contributed by atoms with E-state index in [1.807, 2.05) is 0 Å². The standard InChI is InChI=1S/C10H13ClN8/c11-7-5(8(12)19-10(14)18-7)1-3-15-6-2-4-16-9(13)17-6/h2,4H,1,3H2,(H4,12,14,18,19)(H3,13,15,16,17). The van der Waals surface area contributed by atoms with Gasteiger partial charge in [0.15, 0.2) is 0 Å². The number of aromatic nitrogens is 4. The molecule has 7 N–H and O–H groups in total. The second-order valence-corrected chi connectivity index (χ2v) is 4.07. The SMILES string of the molecule is Nc1nccc(NCCc2c(N)nc(N)nc2Cl)n1. The first-order valence-corrected chi connectivity index (χ1v) is 5.84. The summed E-state index contributed by atoms with van der Waals surface area (Å²) in [5.41, 5.74) is 17.3. The van der Waals surface area contributed by atoms with Gasteiger partial charge >= 0.3 is 0 Å². The van der Waals surface area contributed by atoms with Crippen LogP contribution in [0.25, 0.3) is 0 Å². The first kappa shape index (κ1) is 13.1. The Labute approximate surface area is 114 Å². The topological polar surface area (TPSA) is 142 Å². The van der Waals surface area contributed by atoms with Gasteiger partial charge in [-0.1, -0.05) is 11.6 Å². The van der Waals surface area contributed by atoms with Gasteiger partial charge in [0.1, 0.15) is 16.8 Å². The molecule has 0 aliphatic heterocycles. The van der Waals surface area contributed by atoms with Crippen molar-refractivity contribution in [2.45, 2.75) is 6.42 Å². The third-order valence-electron chi connectivity index (χ3n) is 2.36. The molecule has 0 unspecified atom stereocenters. The van der Waals surface area contributed by atoms with Crippen LogP contribution in [0.5, 0.6) is 0 Å². The molecule has 2 rings (SSSR count). The molecule has 19 heavy (non-hydrogen) atoms. The minimum Gasteiger partial charge on any atom is -0.383 e. The summed E-state index contributed by atoms with van der Waals surface area (Å²) in [5, 5.41) is 3.33. The van der Waals surface area contributed by atoms with Gasteiger partial charge in [0, 0.05) is 18.3 Å². The van der Waals surface area contributed by atoms with E-state index in [4.69, 9.17) is 28.8 Å². The quantitative estimate of drug-likeness (QED) is 0.587. The first-order chi connectivity index (χ1) is 9.06. The highest BCUT2D eigenvalue weighted by atomic mass is 35.5. The van der Waals surface area contributed by atoms with Gasteiger partial charge in [0.25, 0.3) is 0 Å². The van der Waals surface area contributed by atoms with E-state index in [0.717, 1.165) is 0 Å². The van der Waals surface area contributed by atoms with Crippen molar-refractivity contribution >= 4 is 35.1 Å². The summed E-state index contributed by atoms with van der Waals surface area (Å²) >= 11 is 5.96. The van der Waals surface area contributed by atoms with Crippen molar-refractivity contribution in [2.75, 3.05) is 29.1 Å². The fourth-order valence-electron chi connectivity index (χ4n) is 1.51. The van der Waals surface area contributed by atoms with E-state index >= 15 is 0 Å². The zero-order valence-corrected chi connectivity index (χ0v) is 10.7. The number of halogens is 1. The van der Waals surface area contributed by atoms with Gasteiger partial charge in [0.2, 0.25) is 11.9 Å². The molecule has 0 amide bonds. The molecule has 0 aliphatic rings. The normalized spacial score (nSPS) is 10.4. The van der Waals surface area contributed by atoms with Gasteiger partial charge in [-0.05, 0) is 12.5 Å². The van der Waals surface area contributed by atoms with E-state index < -0.39 is 0 Å².